The summed E-state index contributed by atoms with van der Waals surface area (Å²) in [4.78, 5) is 30.4. The largest absolute Gasteiger partial charge is 0.505 e. The van der Waals surface area contributed by atoms with Gasteiger partial charge in [0.15, 0.2) is 17.2 Å². The van der Waals surface area contributed by atoms with Gasteiger partial charge in [-0.15, -0.1) is 0 Å². The normalized spacial score (nSPS) is 18.7. The molecule has 0 unspecified atom stereocenters. The second-order valence-corrected chi connectivity index (χ2v) is 8.25. The molecule has 5 heterocycles. The van der Waals surface area contributed by atoms with Crippen molar-refractivity contribution in [2.45, 2.75) is 32.1 Å². The van der Waals surface area contributed by atoms with E-state index in [9.17, 15) is 24.2 Å². The number of halogens is 1. The number of aromatic hydroxyl groups is 1. The average molecular weight is 448 g/mol. The molecule has 2 aliphatic heterocycles. The highest BCUT2D eigenvalue weighted by Gasteiger charge is 2.45. The van der Waals surface area contributed by atoms with Crippen LogP contribution < -0.4 is 5.56 Å². The summed E-state index contributed by atoms with van der Waals surface area (Å²) in [5.41, 5.74) is 1.23. The number of phenols is 1. The standard InChI is InChI=1S/C24H17FN2O6/c1-2-24(31)15-6-18-21-13(8-27(18)22(29)14(15)10-33-23(24)30)20(11-3-4-32-9-11)12-5-19(28)16(25)7-17(12)26-21/h3-7,9,28,31H,2,8,10H2,1H3/t24-/m0/s1. The topological polar surface area (TPSA) is 115 Å². The molecule has 0 saturated carbocycles. The highest BCUT2D eigenvalue weighted by Crippen LogP contribution is 2.44. The predicted molar refractivity (Wildman–Crippen MR) is 114 cm³/mol. The second kappa shape index (κ2) is 6.52. The first kappa shape index (κ1) is 19.7. The Morgan fingerprint density at radius 1 is 1.24 bits per heavy atom. The van der Waals surface area contributed by atoms with E-state index in [4.69, 9.17) is 9.15 Å². The molecule has 33 heavy (non-hydrogen) atoms. The van der Waals surface area contributed by atoms with Crippen LogP contribution in [0.5, 0.6) is 5.75 Å². The van der Waals surface area contributed by atoms with Crippen LogP contribution in [0.2, 0.25) is 0 Å². The van der Waals surface area contributed by atoms with E-state index < -0.39 is 28.7 Å². The Kier molecular flexibility index (Phi) is 3.89. The highest BCUT2D eigenvalue weighted by atomic mass is 19.1. The fraction of sp³-hybridized carbons (Fsp3) is 0.208. The Hall–Kier alpha value is -3.98. The van der Waals surface area contributed by atoms with Crippen molar-refractivity contribution in [3.8, 4) is 28.3 Å². The fourth-order valence-corrected chi connectivity index (χ4v) is 4.83. The van der Waals surface area contributed by atoms with Crippen LogP contribution in [0, 0.1) is 5.82 Å². The van der Waals surface area contributed by atoms with Crippen molar-refractivity contribution in [2.75, 3.05) is 0 Å². The SMILES string of the molecule is CC[C@@]1(O)C(=O)OCc2c1cc1n(c2=O)Cc2c-1nc1cc(F)c(O)cc1c2-c1ccoc1. The lowest BCUT2D eigenvalue weighted by Crippen LogP contribution is -2.44. The number of aromatic nitrogens is 2. The number of pyridine rings is 2. The van der Waals surface area contributed by atoms with E-state index in [1.807, 2.05) is 0 Å². The Balaban J connectivity index is 1.71. The van der Waals surface area contributed by atoms with Crippen molar-refractivity contribution in [1.29, 1.82) is 0 Å². The number of aliphatic hydroxyl groups is 1. The van der Waals surface area contributed by atoms with E-state index >= 15 is 0 Å². The van der Waals surface area contributed by atoms with Crippen LogP contribution in [0.1, 0.15) is 30.0 Å². The predicted octanol–water partition coefficient (Wildman–Crippen LogP) is 3.18. The lowest BCUT2D eigenvalue weighted by molar-refractivity contribution is -0.172. The van der Waals surface area contributed by atoms with E-state index in [1.165, 1.54) is 23.2 Å². The number of nitrogens with zero attached hydrogens (tertiary/aromatic N) is 2. The molecule has 0 spiro atoms. The zero-order chi connectivity index (χ0) is 23.1. The van der Waals surface area contributed by atoms with Gasteiger partial charge >= 0.3 is 5.97 Å². The molecule has 2 N–H and O–H groups in total. The van der Waals surface area contributed by atoms with Gasteiger partial charge in [0.1, 0.15) is 6.61 Å². The van der Waals surface area contributed by atoms with Crippen molar-refractivity contribution < 1.29 is 28.6 Å². The number of cyclic esters (lactones) is 1. The first-order chi connectivity index (χ1) is 15.8. The summed E-state index contributed by atoms with van der Waals surface area (Å²) in [6.07, 6.45) is 3.05. The molecule has 0 amide bonds. The number of esters is 1. The van der Waals surface area contributed by atoms with Crippen molar-refractivity contribution in [3.63, 3.8) is 0 Å². The molecular weight excluding hydrogens is 431 g/mol. The minimum atomic E-state index is -1.94. The molecule has 166 valence electrons. The maximum Gasteiger partial charge on any atom is 0.343 e. The molecule has 4 aromatic rings. The van der Waals surface area contributed by atoms with Gasteiger partial charge in [-0.05, 0) is 24.6 Å². The number of furan rings is 1. The Bertz CT molecular complexity index is 1560. The molecule has 0 aliphatic carbocycles. The third kappa shape index (κ3) is 2.51. The third-order valence-electron chi connectivity index (χ3n) is 6.57. The quantitative estimate of drug-likeness (QED) is 0.399. The number of rotatable bonds is 2. The van der Waals surface area contributed by atoms with Gasteiger partial charge in [-0.3, -0.25) is 4.79 Å². The van der Waals surface area contributed by atoms with E-state index in [0.29, 0.717) is 33.5 Å². The molecule has 0 bridgehead atoms. The molecule has 1 aromatic carbocycles. The molecule has 1 atom stereocenters. The lowest BCUT2D eigenvalue weighted by Gasteiger charge is -2.31. The van der Waals surface area contributed by atoms with Crippen LogP contribution in [-0.4, -0.2) is 25.7 Å². The first-order valence-electron chi connectivity index (χ1n) is 10.4. The number of carbonyl (C=O) groups excluding carboxylic acids is 1. The van der Waals surface area contributed by atoms with Gasteiger partial charge in [-0.2, -0.15) is 0 Å². The van der Waals surface area contributed by atoms with Gasteiger partial charge in [0.05, 0.1) is 41.5 Å². The Labute approximate surface area is 185 Å². The first-order valence-corrected chi connectivity index (χ1v) is 10.4. The Morgan fingerprint density at radius 3 is 2.79 bits per heavy atom. The average Bonchev–Trinajstić information content (AvgIpc) is 3.45. The second-order valence-electron chi connectivity index (χ2n) is 8.25. The van der Waals surface area contributed by atoms with Crippen LogP contribution in [-0.2, 0) is 28.3 Å². The number of hydrogen-bond acceptors (Lipinski definition) is 7. The molecule has 2 aliphatic rings. The zero-order valence-electron chi connectivity index (χ0n) is 17.4. The number of hydrogen-bond donors (Lipinski definition) is 2. The maximum atomic E-state index is 14.2. The van der Waals surface area contributed by atoms with Crippen LogP contribution in [0.4, 0.5) is 4.39 Å². The van der Waals surface area contributed by atoms with Crippen LogP contribution >= 0.6 is 0 Å². The monoisotopic (exact) mass is 448 g/mol. The van der Waals surface area contributed by atoms with Crippen molar-refractivity contribution in [2.24, 2.45) is 0 Å². The minimum Gasteiger partial charge on any atom is -0.505 e. The smallest absolute Gasteiger partial charge is 0.343 e. The van der Waals surface area contributed by atoms with Gasteiger partial charge in [-0.25, -0.2) is 14.2 Å². The molecule has 8 nitrogen and oxygen atoms in total. The minimum absolute atomic E-state index is 0.0322. The summed E-state index contributed by atoms with van der Waals surface area (Å²) in [5.74, 6) is -2.14. The summed E-state index contributed by atoms with van der Waals surface area (Å²) >= 11 is 0. The van der Waals surface area contributed by atoms with Gasteiger partial charge in [-0.1, -0.05) is 6.92 Å². The van der Waals surface area contributed by atoms with Gasteiger partial charge in [0.2, 0.25) is 0 Å². The van der Waals surface area contributed by atoms with Gasteiger partial charge < -0.3 is 23.9 Å². The van der Waals surface area contributed by atoms with E-state index in [0.717, 1.165) is 6.07 Å². The summed E-state index contributed by atoms with van der Waals surface area (Å²) < 4.78 is 26.1. The van der Waals surface area contributed by atoms with Crippen LogP contribution in [0.25, 0.3) is 33.4 Å². The van der Waals surface area contributed by atoms with E-state index in [-0.39, 0.29) is 36.2 Å². The summed E-state index contributed by atoms with van der Waals surface area (Å²) in [7, 11) is 0. The zero-order valence-corrected chi connectivity index (χ0v) is 17.4. The van der Waals surface area contributed by atoms with Gasteiger partial charge in [0.25, 0.3) is 5.56 Å². The number of carbonyl (C=O) groups is 1. The molecule has 3 aromatic heterocycles. The van der Waals surface area contributed by atoms with Crippen molar-refractivity contribution in [3.05, 3.63) is 69.7 Å². The summed E-state index contributed by atoms with van der Waals surface area (Å²) in [5, 5.41) is 21.5. The van der Waals surface area contributed by atoms with Gasteiger partial charge in [0, 0.05) is 33.7 Å². The molecule has 0 fully saturated rings. The maximum absolute atomic E-state index is 14.2. The number of phenolic OH excluding ortho intramolecular Hbond substituents is 1. The van der Waals surface area contributed by atoms with Crippen LogP contribution in [0.15, 0.2) is 46.0 Å². The number of ether oxygens (including phenoxy) is 1. The molecule has 0 radical (unpaired) electrons. The summed E-state index contributed by atoms with van der Waals surface area (Å²) in [6.45, 7) is 1.57. The van der Waals surface area contributed by atoms with E-state index in [2.05, 4.69) is 4.98 Å². The van der Waals surface area contributed by atoms with Crippen molar-refractivity contribution >= 4 is 16.9 Å². The lowest BCUT2D eigenvalue weighted by atomic mass is 9.86. The molecular formula is C24H17FN2O6. The molecule has 6 rings (SSSR count). The summed E-state index contributed by atoms with van der Waals surface area (Å²) in [6, 6.07) is 5.77. The number of fused-ring (bicyclic) bond motifs is 5. The third-order valence-corrected chi connectivity index (χ3v) is 6.57. The highest BCUT2D eigenvalue weighted by molar-refractivity contribution is 6.00. The van der Waals surface area contributed by atoms with Crippen molar-refractivity contribution in [1.82, 2.24) is 9.55 Å². The Morgan fingerprint density at radius 2 is 2.06 bits per heavy atom. The molecule has 0 saturated heterocycles. The van der Waals surface area contributed by atoms with E-state index in [1.54, 1.807) is 19.1 Å². The van der Waals surface area contributed by atoms with Crippen LogP contribution in [0.3, 0.4) is 0 Å². The number of benzene rings is 1. The fourth-order valence-electron chi connectivity index (χ4n) is 4.83. The molecule has 9 heteroatoms.